The Balaban J connectivity index is 1.94. The van der Waals surface area contributed by atoms with Gasteiger partial charge in [0.1, 0.15) is 0 Å². The Hall–Kier alpha value is -0.900. The van der Waals surface area contributed by atoms with Crippen molar-refractivity contribution in [2.75, 3.05) is 6.54 Å². The zero-order valence-electron chi connectivity index (χ0n) is 9.28. The van der Waals surface area contributed by atoms with Gasteiger partial charge in [0.15, 0.2) is 5.82 Å². The fraction of sp³-hybridized carbons (Fsp3) is 0.818. The quantitative estimate of drug-likeness (QED) is 0.804. The highest BCUT2D eigenvalue weighted by molar-refractivity contribution is 5.00. The Morgan fingerprint density at radius 1 is 1.53 bits per heavy atom. The highest BCUT2D eigenvalue weighted by Gasteiger charge is 2.24. The Bertz CT molecular complexity index is 303. The topological polar surface area (TPSA) is 64.9 Å². The molecule has 0 bridgehead atoms. The third-order valence-electron chi connectivity index (χ3n) is 3.33. The zero-order valence-corrected chi connectivity index (χ0v) is 9.28. The minimum atomic E-state index is 0.472. The van der Waals surface area contributed by atoms with Gasteiger partial charge in [0.05, 0.1) is 0 Å². The Labute approximate surface area is 90.2 Å². The van der Waals surface area contributed by atoms with Gasteiger partial charge in [0.25, 0.3) is 0 Å². The molecule has 1 unspecified atom stereocenters. The normalized spacial score (nSPS) is 18.8. The van der Waals surface area contributed by atoms with Gasteiger partial charge >= 0.3 is 0 Å². The van der Waals surface area contributed by atoms with Crippen molar-refractivity contribution in [2.24, 2.45) is 11.7 Å². The first-order valence-corrected chi connectivity index (χ1v) is 5.86. The molecule has 1 aliphatic carbocycles. The lowest BCUT2D eigenvalue weighted by Crippen LogP contribution is -2.16. The van der Waals surface area contributed by atoms with Crippen LogP contribution in [0.3, 0.4) is 0 Å². The Morgan fingerprint density at radius 2 is 2.33 bits per heavy atom. The van der Waals surface area contributed by atoms with Crippen LogP contribution >= 0.6 is 0 Å². The largest absolute Gasteiger partial charge is 0.339 e. The van der Waals surface area contributed by atoms with Crippen LogP contribution in [0, 0.1) is 5.92 Å². The third kappa shape index (κ3) is 2.37. The number of hydrogen-bond acceptors (Lipinski definition) is 4. The molecule has 0 spiro atoms. The predicted molar refractivity (Wildman–Crippen MR) is 57.4 cm³/mol. The van der Waals surface area contributed by atoms with Crippen LogP contribution in [0.1, 0.15) is 50.2 Å². The van der Waals surface area contributed by atoms with Gasteiger partial charge in [0.2, 0.25) is 5.89 Å². The van der Waals surface area contributed by atoms with E-state index in [0.29, 0.717) is 18.4 Å². The maximum atomic E-state index is 5.65. The molecule has 4 heteroatoms. The van der Waals surface area contributed by atoms with Crippen molar-refractivity contribution in [2.45, 2.75) is 44.9 Å². The molecule has 2 N–H and O–H groups in total. The lowest BCUT2D eigenvalue weighted by Gasteiger charge is -2.20. The summed E-state index contributed by atoms with van der Waals surface area (Å²) < 4.78 is 5.24. The van der Waals surface area contributed by atoms with Crippen molar-refractivity contribution >= 4 is 0 Å². The maximum absolute atomic E-state index is 5.65. The second-order valence-electron chi connectivity index (χ2n) is 4.39. The van der Waals surface area contributed by atoms with E-state index in [1.165, 1.54) is 19.3 Å². The van der Waals surface area contributed by atoms with Crippen LogP contribution in [0.15, 0.2) is 4.52 Å². The first kappa shape index (κ1) is 10.6. The summed E-state index contributed by atoms with van der Waals surface area (Å²) in [5.74, 6) is 2.69. The molecule has 84 valence electrons. The van der Waals surface area contributed by atoms with E-state index in [0.717, 1.165) is 24.6 Å². The molecule has 2 rings (SSSR count). The van der Waals surface area contributed by atoms with Crippen LogP contribution in [-0.2, 0) is 6.42 Å². The van der Waals surface area contributed by atoms with E-state index >= 15 is 0 Å². The average Bonchev–Trinajstić information content (AvgIpc) is 2.60. The first-order chi connectivity index (χ1) is 7.33. The first-order valence-electron chi connectivity index (χ1n) is 5.86. The maximum Gasteiger partial charge on any atom is 0.226 e. The highest BCUT2D eigenvalue weighted by atomic mass is 16.5. The fourth-order valence-corrected chi connectivity index (χ4v) is 1.82. The molecular formula is C11H19N3O. The zero-order chi connectivity index (χ0) is 10.7. The van der Waals surface area contributed by atoms with E-state index in [2.05, 4.69) is 17.1 Å². The second kappa shape index (κ2) is 4.75. The second-order valence-corrected chi connectivity index (χ2v) is 4.39. The number of nitrogens with two attached hydrogens (primary N) is 1. The van der Waals surface area contributed by atoms with Crippen LogP contribution in [0.2, 0.25) is 0 Å². The third-order valence-corrected chi connectivity index (χ3v) is 3.33. The molecule has 0 amide bonds. The monoisotopic (exact) mass is 209 g/mol. The molecule has 1 aromatic rings. The Morgan fingerprint density at radius 3 is 2.87 bits per heavy atom. The predicted octanol–water partition coefficient (Wildman–Crippen LogP) is 1.86. The minimum absolute atomic E-state index is 0.472. The summed E-state index contributed by atoms with van der Waals surface area (Å²) in [6, 6.07) is 0. The molecule has 0 saturated heterocycles. The molecular weight excluding hydrogens is 190 g/mol. The molecule has 4 nitrogen and oxygen atoms in total. The van der Waals surface area contributed by atoms with Crippen molar-refractivity contribution in [1.82, 2.24) is 10.1 Å². The van der Waals surface area contributed by atoms with Crippen LogP contribution in [-0.4, -0.2) is 16.7 Å². The fourth-order valence-electron chi connectivity index (χ4n) is 1.82. The Kier molecular flexibility index (Phi) is 3.36. The summed E-state index contributed by atoms with van der Waals surface area (Å²) in [5, 5.41) is 4.03. The van der Waals surface area contributed by atoms with Crippen molar-refractivity contribution in [3.05, 3.63) is 11.7 Å². The molecule has 1 heterocycles. The summed E-state index contributed by atoms with van der Waals surface area (Å²) in [7, 11) is 0. The minimum Gasteiger partial charge on any atom is -0.339 e. The van der Waals surface area contributed by atoms with Gasteiger partial charge in [-0.05, 0) is 25.3 Å². The van der Waals surface area contributed by atoms with Crippen molar-refractivity contribution in [3.63, 3.8) is 0 Å². The molecule has 15 heavy (non-hydrogen) atoms. The van der Waals surface area contributed by atoms with Gasteiger partial charge in [-0.1, -0.05) is 24.9 Å². The van der Waals surface area contributed by atoms with E-state index in [1.807, 2.05) is 0 Å². The van der Waals surface area contributed by atoms with Gasteiger partial charge in [-0.2, -0.15) is 4.98 Å². The molecule has 1 aromatic heterocycles. The molecule has 1 atom stereocenters. The number of nitrogens with zero attached hydrogens (tertiary/aromatic N) is 2. The van der Waals surface area contributed by atoms with Crippen LogP contribution in [0.25, 0.3) is 0 Å². The van der Waals surface area contributed by atoms with Crippen LogP contribution in [0.5, 0.6) is 0 Å². The molecule has 0 aliphatic heterocycles. The molecule has 0 radical (unpaired) electrons. The molecule has 1 aliphatic rings. The van der Waals surface area contributed by atoms with E-state index in [-0.39, 0.29) is 0 Å². The number of aromatic nitrogens is 2. The van der Waals surface area contributed by atoms with Gasteiger partial charge in [0, 0.05) is 12.3 Å². The number of hydrogen-bond donors (Lipinski definition) is 1. The van der Waals surface area contributed by atoms with Gasteiger partial charge in [-0.3, -0.25) is 0 Å². The SMILES string of the molecule is CCC(CN)Cc1nc(C2CCC2)no1. The van der Waals surface area contributed by atoms with E-state index < -0.39 is 0 Å². The van der Waals surface area contributed by atoms with E-state index in [4.69, 9.17) is 10.3 Å². The summed E-state index contributed by atoms with van der Waals surface area (Å²) in [6.45, 7) is 2.83. The van der Waals surface area contributed by atoms with Crippen LogP contribution < -0.4 is 5.73 Å². The summed E-state index contributed by atoms with van der Waals surface area (Å²) in [4.78, 5) is 4.43. The molecule has 1 fully saturated rings. The van der Waals surface area contributed by atoms with Crippen molar-refractivity contribution in [1.29, 1.82) is 0 Å². The smallest absolute Gasteiger partial charge is 0.226 e. The van der Waals surface area contributed by atoms with Crippen molar-refractivity contribution in [3.8, 4) is 0 Å². The van der Waals surface area contributed by atoms with Gasteiger partial charge < -0.3 is 10.3 Å². The summed E-state index contributed by atoms with van der Waals surface area (Å²) >= 11 is 0. The average molecular weight is 209 g/mol. The summed E-state index contributed by atoms with van der Waals surface area (Å²) in [6.07, 6.45) is 5.62. The standard InChI is InChI=1S/C11H19N3O/c1-2-8(7-12)6-10-13-11(14-15-10)9-4-3-5-9/h8-9H,2-7,12H2,1H3. The van der Waals surface area contributed by atoms with Gasteiger partial charge in [-0.25, -0.2) is 0 Å². The van der Waals surface area contributed by atoms with Gasteiger partial charge in [-0.15, -0.1) is 0 Å². The van der Waals surface area contributed by atoms with E-state index in [9.17, 15) is 0 Å². The molecule has 1 saturated carbocycles. The number of rotatable bonds is 5. The summed E-state index contributed by atoms with van der Waals surface area (Å²) in [5.41, 5.74) is 5.65. The highest BCUT2D eigenvalue weighted by Crippen LogP contribution is 2.34. The van der Waals surface area contributed by atoms with Crippen LogP contribution in [0.4, 0.5) is 0 Å². The lowest BCUT2D eigenvalue weighted by molar-refractivity contribution is 0.333. The van der Waals surface area contributed by atoms with E-state index in [1.54, 1.807) is 0 Å². The molecule has 0 aromatic carbocycles. The van der Waals surface area contributed by atoms with Crippen molar-refractivity contribution < 1.29 is 4.52 Å². The lowest BCUT2D eigenvalue weighted by atomic mass is 9.85.